The Morgan fingerprint density at radius 1 is 1.24 bits per heavy atom. The zero-order valence-corrected chi connectivity index (χ0v) is 11.7. The van der Waals surface area contributed by atoms with Crippen molar-refractivity contribution in [3.63, 3.8) is 0 Å². The third-order valence-electron chi connectivity index (χ3n) is 2.80. The predicted octanol–water partition coefficient (Wildman–Crippen LogP) is 2.06. The lowest BCUT2D eigenvalue weighted by Crippen LogP contribution is -2.46. The highest BCUT2D eigenvalue weighted by Crippen LogP contribution is 2.08. The SMILES string of the molecule is CCCC(NC(=O)NCCc1cc(F)cc(F)c1)C(=O)O. The minimum Gasteiger partial charge on any atom is -0.480 e. The maximum Gasteiger partial charge on any atom is 0.326 e. The summed E-state index contributed by atoms with van der Waals surface area (Å²) >= 11 is 0. The molecule has 0 radical (unpaired) electrons. The third-order valence-corrected chi connectivity index (χ3v) is 2.80. The number of aliphatic carboxylic acids is 1. The lowest BCUT2D eigenvalue weighted by atomic mass is 10.1. The summed E-state index contributed by atoms with van der Waals surface area (Å²) < 4.78 is 25.9. The number of benzene rings is 1. The second-order valence-corrected chi connectivity index (χ2v) is 4.61. The van der Waals surface area contributed by atoms with Gasteiger partial charge in [0.05, 0.1) is 0 Å². The first-order valence-corrected chi connectivity index (χ1v) is 6.64. The van der Waals surface area contributed by atoms with Crippen molar-refractivity contribution in [2.45, 2.75) is 32.2 Å². The second-order valence-electron chi connectivity index (χ2n) is 4.61. The maximum atomic E-state index is 13.0. The van der Waals surface area contributed by atoms with Crippen molar-refractivity contribution in [3.8, 4) is 0 Å². The normalized spacial score (nSPS) is 11.8. The average Bonchev–Trinajstić information content (AvgIpc) is 2.36. The molecule has 0 aliphatic carbocycles. The number of amides is 2. The number of carboxylic acid groups (broad SMARTS) is 1. The van der Waals surface area contributed by atoms with Crippen LogP contribution in [0.4, 0.5) is 13.6 Å². The van der Waals surface area contributed by atoms with Gasteiger partial charge in [0.15, 0.2) is 0 Å². The molecule has 0 aliphatic heterocycles. The van der Waals surface area contributed by atoms with E-state index < -0.39 is 29.7 Å². The minimum absolute atomic E-state index is 0.146. The van der Waals surface area contributed by atoms with Crippen molar-refractivity contribution in [1.82, 2.24) is 10.6 Å². The van der Waals surface area contributed by atoms with Gasteiger partial charge in [-0.25, -0.2) is 18.4 Å². The molecule has 0 saturated heterocycles. The molecule has 0 saturated carbocycles. The smallest absolute Gasteiger partial charge is 0.326 e. The van der Waals surface area contributed by atoms with Crippen LogP contribution in [0.5, 0.6) is 0 Å². The van der Waals surface area contributed by atoms with Crippen molar-refractivity contribution >= 4 is 12.0 Å². The summed E-state index contributed by atoms with van der Waals surface area (Å²) in [7, 11) is 0. The van der Waals surface area contributed by atoms with E-state index in [4.69, 9.17) is 5.11 Å². The number of carbonyl (C=O) groups is 2. The Labute approximate surface area is 121 Å². The van der Waals surface area contributed by atoms with Crippen LogP contribution in [-0.2, 0) is 11.2 Å². The number of carbonyl (C=O) groups excluding carboxylic acids is 1. The van der Waals surface area contributed by atoms with Crippen molar-refractivity contribution < 1.29 is 23.5 Å². The van der Waals surface area contributed by atoms with Crippen LogP contribution in [0, 0.1) is 11.6 Å². The summed E-state index contributed by atoms with van der Waals surface area (Å²) in [6, 6.07) is 1.57. The molecule has 0 fully saturated rings. The molecule has 0 heterocycles. The van der Waals surface area contributed by atoms with Crippen molar-refractivity contribution in [3.05, 3.63) is 35.4 Å². The van der Waals surface area contributed by atoms with Crippen molar-refractivity contribution in [2.24, 2.45) is 0 Å². The van der Waals surface area contributed by atoms with E-state index in [2.05, 4.69) is 10.6 Å². The highest BCUT2D eigenvalue weighted by atomic mass is 19.1. The predicted molar refractivity (Wildman–Crippen MR) is 72.9 cm³/mol. The minimum atomic E-state index is -1.10. The topological polar surface area (TPSA) is 78.4 Å². The fourth-order valence-corrected chi connectivity index (χ4v) is 1.83. The Hall–Kier alpha value is -2.18. The van der Waals surface area contributed by atoms with Gasteiger partial charge < -0.3 is 15.7 Å². The molecule has 21 heavy (non-hydrogen) atoms. The molecule has 1 aromatic rings. The van der Waals surface area contributed by atoms with Gasteiger partial charge in [-0.05, 0) is 30.5 Å². The Morgan fingerprint density at radius 2 is 1.86 bits per heavy atom. The van der Waals surface area contributed by atoms with E-state index in [-0.39, 0.29) is 13.0 Å². The number of hydrogen-bond acceptors (Lipinski definition) is 2. The Kier molecular flexibility index (Phi) is 6.58. The van der Waals surface area contributed by atoms with Crippen LogP contribution >= 0.6 is 0 Å². The molecular formula is C14H18F2N2O3. The van der Waals surface area contributed by atoms with Gasteiger partial charge in [0, 0.05) is 12.6 Å². The Bertz CT molecular complexity index is 489. The lowest BCUT2D eigenvalue weighted by molar-refractivity contribution is -0.139. The van der Waals surface area contributed by atoms with Gasteiger partial charge in [-0.3, -0.25) is 0 Å². The van der Waals surface area contributed by atoms with Crippen LogP contribution in [-0.4, -0.2) is 29.7 Å². The highest BCUT2D eigenvalue weighted by Gasteiger charge is 2.18. The molecule has 0 bridgehead atoms. The third kappa shape index (κ3) is 6.20. The summed E-state index contributed by atoms with van der Waals surface area (Å²) in [5.74, 6) is -2.45. The molecule has 1 aromatic carbocycles. The molecule has 1 rings (SSSR count). The van der Waals surface area contributed by atoms with Gasteiger partial charge in [-0.1, -0.05) is 13.3 Å². The van der Waals surface area contributed by atoms with E-state index in [9.17, 15) is 18.4 Å². The molecule has 1 atom stereocenters. The lowest BCUT2D eigenvalue weighted by Gasteiger charge is -2.14. The van der Waals surface area contributed by atoms with Gasteiger partial charge in [0.1, 0.15) is 17.7 Å². The summed E-state index contributed by atoms with van der Waals surface area (Å²) in [5.41, 5.74) is 0.413. The molecule has 5 nitrogen and oxygen atoms in total. The molecule has 0 aromatic heterocycles. The van der Waals surface area contributed by atoms with Gasteiger partial charge >= 0.3 is 12.0 Å². The van der Waals surface area contributed by atoms with Crippen molar-refractivity contribution in [1.29, 1.82) is 0 Å². The largest absolute Gasteiger partial charge is 0.480 e. The molecule has 0 spiro atoms. The average molecular weight is 300 g/mol. The van der Waals surface area contributed by atoms with Crippen molar-refractivity contribution in [2.75, 3.05) is 6.54 Å². The van der Waals surface area contributed by atoms with Crippen LogP contribution in [0.3, 0.4) is 0 Å². The second kappa shape index (κ2) is 8.18. The Morgan fingerprint density at radius 3 is 2.38 bits per heavy atom. The fraction of sp³-hybridized carbons (Fsp3) is 0.429. The molecular weight excluding hydrogens is 282 g/mol. The van der Waals surface area contributed by atoms with E-state index in [0.29, 0.717) is 18.4 Å². The molecule has 1 unspecified atom stereocenters. The highest BCUT2D eigenvalue weighted by molar-refractivity contribution is 5.82. The molecule has 116 valence electrons. The summed E-state index contributed by atoms with van der Waals surface area (Å²) in [6.07, 6.45) is 1.20. The van der Waals surface area contributed by atoms with Crippen LogP contribution in [0.2, 0.25) is 0 Å². The van der Waals surface area contributed by atoms with E-state index in [0.717, 1.165) is 6.07 Å². The maximum absolute atomic E-state index is 13.0. The quantitative estimate of drug-likeness (QED) is 0.721. The van der Waals surface area contributed by atoms with Gasteiger partial charge in [-0.15, -0.1) is 0 Å². The standard InChI is InChI=1S/C14H18F2N2O3/c1-2-3-12(13(19)20)18-14(21)17-5-4-9-6-10(15)8-11(16)7-9/h6-8,12H,2-5H2,1H3,(H,19,20)(H2,17,18,21). The van der Waals surface area contributed by atoms with Crippen LogP contribution in [0.15, 0.2) is 18.2 Å². The number of carboxylic acids is 1. The van der Waals surface area contributed by atoms with E-state index in [1.807, 2.05) is 6.92 Å². The number of nitrogens with one attached hydrogen (secondary N) is 2. The molecule has 3 N–H and O–H groups in total. The number of rotatable bonds is 7. The zero-order valence-electron chi connectivity index (χ0n) is 11.7. The van der Waals surface area contributed by atoms with Crippen LogP contribution in [0.1, 0.15) is 25.3 Å². The molecule has 0 aliphatic rings. The van der Waals surface area contributed by atoms with E-state index in [1.165, 1.54) is 12.1 Å². The molecule has 2 amide bonds. The number of hydrogen-bond donors (Lipinski definition) is 3. The van der Waals surface area contributed by atoms with Crippen LogP contribution < -0.4 is 10.6 Å². The van der Waals surface area contributed by atoms with Gasteiger partial charge in [0.2, 0.25) is 0 Å². The molecule has 7 heteroatoms. The van der Waals surface area contributed by atoms with E-state index in [1.54, 1.807) is 0 Å². The van der Waals surface area contributed by atoms with Gasteiger partial charge in [-0.2, -0.15) is 0 Å². The van der Waals surface area contributed by atoms with Gasteiger partial charge in [0.25, 0.3) is 0 Å². The van der Waals surface area contributed by atoms with E-state index >= 15 is 0 Å². The van der Waals surface area contributed by atoms with Crippen LogP contribution in [0.25, 0.3) is 0 Å². The summed E-state index contributed by atoms with van der Waals surface area (Å²) in [4.78, 5) is 22.4. The Balaban J connectivity index is 2.40. The zero-order chi connectivity index (χ0) is 15.8. The summed E-state index contributed by atoms with van der Waals surface area (Å²) in [5, 5.41) is 13.7. The monoisotopic (exact) mass is 300 g/mol. The first-order valence-electron chi connectivity index (χ1n) is 6.64. The summed E-state index contributed by atoms with van der Waals surface area (Å²) in [6.45, 7) is 1.96. The first kappa shape index (κ1) is 16.9. The fourth-order valence-electron chi connectivity index (χ4n) is 1.83. The first-order chi connectivity index (χ1) is 9.92. The number of urea groups is 1. The number of halogens is 2.